The first-order valence-electron chi connectivity index (χ1n) is 10.4. The Bertz CT molecular complexity index is 982. The van der Waals surface area contributed by atoms with Gasteiger partial charge in [0, 0.05) is 11.6 Å². The first-order valence-corrected chi connectivity index (χ1v) is 10.4. The first kappa shape index (κ1) is 24.1. The molecule has 2 atom stereocenters. The van der Waals surface area contributed by atoms with Crippen molar-refractivity contribution in [2.45, 2.75) is 44.1 Å². The molecule has 3 rings (SSSR count). The van der Waals surface area contributed by atoms with Crippen LogP contribution in [0.1, 0.15) is 40.7 Å². The highest BCUT2D eigenvalue weighted by molar-refractivity contribution is 5.96. The summed E-state index contributed by atoms with van der Waals surface area (Å²) < 4.78 is 43.6. The predicted octanol–water partition coefficient (Wildman–Crippen LogP) is 3.40. The summed E-state index contributed by atoms with van der Waals surface area (Å²) in [6.45, 7) is -0.283. The molecule has 1 aliphatic rings. The molecule has 0 aromatic heterocycles. The number of alkyl halides is 3. The van der Waals surface area contributed by atoms with Gasteiger partial charge in [0.15, 0.2) is 0 Å². The summed E-state index contributed by atoms with van der Waals surface area (Å²) in [6.07, 6.45) is -3.09. The van der Waals surface area contributed by atoms with Gasteiger partial charge in [-0.3, -0.25) is 9.59 Å². The van der Waals surface area contributed by atoms with Gasteiger partial charge in [-0.05, 0) is 43.0 Å². The fourth-order valence-electron chi connectivity index (χ4n) is 3.58. The average molecular weight is 463 g/mol. The molecule has 176 valence electrons. The van der Waals surface area contributed by atoms with Crippen LogP contribution in [-0.4, -0.2) is 36.5 Å². The number of ether oxygens (including phenoxy) is 1. The maximum Gasteiger partial charge on any atom is 0.416 e. The monoisotopic (exact) mass is 463 g/mol. The van der Waals surface area contributed by atoms with E-state index in [1.54, 1.807) is 0 Å². The summed E-state index contributed by atoms with van der Waals surface area (Å²) in [6, 6.07) is 12.5. The summed E-state index contributed by atoms with van der Waals surface area (Å²) in [7, 11) is 0. The molecule has 0 bridgehead atoms. The van der Waals surface area contributed by atoms with Gasteiger partial charge in [0.1, 0.15) is 6.61 Å². The molecule has 7 nitrogen and oxygen atoms in total. The number of alkyl carbamates (subject to hydrolysis) is 1. The number of rotatable bonds is 7. The molecule has 1 fully saturated rings. The highest BCUT2D eigenvalue weighted by atomic mass is 19.4. The van der Waals surface area contributed by atoms with Crippen LogP contribution in [-0.2, 0) is 22.3 Å². The largest absolute Gasteiger partial charge is 0.445 e. The van der Waals surface area contributed by atoms with Gasteiger partial charge >= 0.3 is 12.3 Å². The predicted molar refractivity (Wildman–Crippen MR) is 113 cm³/mol. The standard InChI is InChI=1S/C23H24F3N3O4/c24-23(25,26)17-9-4-8-16(12-17)21(31)27-13-20(30)28-18-10-5-11-19(18)29-22(32)33-14-15-6-2-1-3-7-15/h1-4,6-9,12,18-19H,5,10-11,13-14H2,(H,27,31)(H,28,30)(H,29,32)/t18-,19+/m0/s1. The van der Waals surface area contributed by atoms with Crippen molar-refractivity contribution in [3.8, 4) is 0 Å². The van der Waals surface area contributed by atoms with Crippen molar-refractivity contribution in [3.05, 3.63) is 71.3 Å². The molecule has 2 aromatic rings. The number of benzene rings is 2. The molecule has 33 heavy (non-hydrogen) atoms. The van der Waals surface area contributed by atoms with Crippen LogP contribution in [0.25, 0.3) is 0 Å². The molecular weight excluding hydrogens is 439 g/mol. The smallest absolute Gasteiger partial charge is 0.416 e. The molecule has 0 aliphatic heterocycles. The highest BCUT2D eigenvalue weighted by Crippen LogP contribution is 2.29. The van der Waals surface area contributed by atoms with Crippen LogP contribution in [0, 0.1) is 0 Å². The molecular formula is C23H24F3N3O4. The summed E-state index contributed by atoms with van der Waals surface area (Å²) in [5, 5.41) is 7.81. The molecule has 0 radical (unpaired) electrons. The van der Waals surface area contributed by atoms with Crippen molar-refractivity contribution in [2.75, 3.05) is 6.54 Å². The molecule has 1 aliphatic carbocycles. The topological polar surface area (TPSA) is 96.5 Å². The minimum Gasteiger partial charge on any atom is -0.445 e. The van der Waals surface area contributed by atoms with Crippen LogP contribution >= 0.6 is 0 Å². The zero-order valence-corrected chi connectivity index (χ0v) is 17.7. The molecule has 0 saturated heterocycles. The van der Waals surface area contributed by atoms with Crippen LogP contribution in [0.15, 0.2) is 54.6 Å². The van der Waals surface area contributed by atoms with E-state index < -0.39 is 36.2 Å². The van der Waals surface area contributed by atoms with Gasteiger partial charge in [0.05, 0.1) is 18.2 Å². The summed E-state index contributed by atoms with van der Waals surface area (Å²) in [5.74, 6) is -1.30. The van der Waals surface area contributed by atoms with Gasteiger partial charge in [-0.25, -0.2) is 4.79 Å². The zero-order valence-electron chi connectivity index (χ0n) is 17.7. The quantitative estimate of drug-likeness (QED) is 0.587. The molecule has 2 aromatic carbocycles. The number of amides is 3. The second-order valence-corrected chi connectivity index (χ2v) is 7.68. The van der Waals surface area contributed by atoms with Crippen LogP contribution in [0.4, 0.5) is 18.0 Å². The lowest BCUT2D eigenvalue weighted by molar-refractivity contribution is -0.137. The van der Waals surface area contributed by atoms with Crippen LogP contribution < -0.4 is 16.0 Å². The number of halogens is 3. The Kier molecular flexibility index (Phi) is 7.92. The van der Waals surface area contributed by atoms with Crippen molar-refractivity contribution in [1.29, 1.82) is 0 Å². The number of carbonyl (C=O) groups excluding carboxylic acids is 3. The van der Waals surface area contributed by atoms with Crippen molar-refractivity contribution in [3.63, 3.8) is 0 Å². The third-order valence-corrected chi connectivity index (χ3v) is 5.24. The number of hydrogen-bond acceptors (Lipinski definition) is 4. The van der Waals surface area contributed by atoms with E-state index in [-0.39, 0.29) is 24.3 Å². The summed E-state index contributed by atoms with van der Waals surface area (Å²) >= 11 is 0. The van der Waals surface area contributed by atoms with Crippen LogP contribution in [0.3, 0.4) is 0 Å². The third-order valence-electron chi connectivity index (χ3n) is 5.24. The van der Waals surface area contributed by atoms with Gasteiger partial charge < -0.3 is 20.7 Å². The zero-order chi connectivity index (χ0) is 23.8. The second-order valence-electron chi connectivity index (χ2n) is 7.68. The minimum absolute atomic E-state index is 0.123. The third kappa shape index (κ3) is 7.23. The normalized spacial score (nSPS) is 17.8. The van der Waals surface area contributed by atoms with Crippen LogP contribution in [0.2, 0.25) is 0 Å². The minimum atomic E-state index is -4.57. The first-order chi connectivity index (χ1) is 15.7. The van der Waals surface area contributed by atoms with Crippen molar-refractivity contribution >= 4 is 17.9 Å². The molecule has 1 saturated carbocycles. The van der Waals surface area contributed by atoms with E-state index in [1.165, 1.54) is 6.07 Å². The van der Waals surface area contributed by atoms with E-state index in [1.807, 2.05) is 30.3 Å². The molecule has 10 heteroatoms. The summed E-state index contributed by atoms with van der Waals surface area (Å²) in [4.78, 5) is 36.5. The van der Waals surface area contributed by atoms with Crippen LogP contribution in [0.5, 0.6) is 0 Å². The van der Waals surface area contributed by atoms with E-state index >= 15 is 0 Å². The Morgan fingerprint density at radius 2 is 1.64 bits per heavy atom. The maximum atomic E-state index is 12.8. The van der Waals surface area contributed by atoms with Gasteiger partial charge in [-0.2, -0.15) is 13.2 Å². The lowest BCUT2D eigenvalue weighted by atomic mass is 10.1. The lowest BCUT2D eigenvalue weighted by Crippen LogP contribution is -2.50. The Hall–Kier alpha value is -3.56. The Labute approximate surface area is 188 Å². The molecule has 3 N–H and O–H groups in total. The summed E-state index contributed by atoms with van der Waals surface area (Å²) in [5.41, 5.74) is -0.293. The van der Waals surface area contributed by atoms with E-state index in [0.717, 1.165) is 30.2 Å². The lowest BCUT2D eigenvalue weighted by Gasteiger charge is -2.22. The van der Waals surface area contributed by atoms with Gasteiger partial charge in [-0.1, -0.05) is 36.4 Å². The number of hydrogen-bond donors (Lipinski definition) is 3. The van der Waals surface area contributed by atoms with Gasteiger partial charge in [0.2, 0.25) is 5.91 Å². The van der Waals surface area contributed by atoms with E-state index in [2.05, 4.69) is 16.0 Å². The average Bonchev–Trinajstić information content (AvgIpc) is 3.22. The SMILES string of the molecule is O=C(CNC(=O)c1cccc(C(F)(F)F)c1)N[C@H]1CCC[C@H]1NC(=O)OCc1ccccc1. The fraction of sp³-hybridized carbons (Fsp3) is 0.348. The Morgan fingerprint density at radius 3 is 2.33 bits per heavy atom. The van der Waals surface area contributed by atoms with Crippen molar-refractivity contribution in [1.82, 2.24) is 16.0 Å². The Balaban J connectivity index is 1.44. The molecule has 0 unspecified atom stereocenters. The van der Waals surface area contributed by atoms with Gasteiger partial charge in [0.25, 0.3) is 5.91 Å². The van der Waals surface area contributed by atoms with Crippen molar-refractivity contribution in [2.24, 2.45) is 0 Å². The number of nitrogens with one attached hydrogen (secondary N) is 3. The second kappa shape index (κ2) is 10.8. The van der Waals surface area contributed by atoms with E-state index in [0.29, 0.717) is 12.8 Å². The molecule has 3 amide bonds. The van der Waals surface area contributed by atoms with E-state index in [4.69, 9.17) is 4.74 Å². The Morgan fingerprint density at radius 1 is 0.939 bits per heavy atom. The van der Waals surface area contributed by atoms with Crippen molar-refractivity contribution < 1.29 is 32.3 Å². The fourth-order valence-corrected chi connectivity index (χ4v) is 3.58. The number of carbonyl (C=O) groups is 3. The highest BCUT2D eigenvalue weighted by Gasteiger charge is 2.32. The van der Waals surface area contributed by atoms with Gasteiger partial charge in [-0.15, -0.1) is 0 Å². The molecule has 0 heterocycles. The molecule has 0 spiro atoms. The maximum absolute atomic E-state index is 12.8. The van der Waals surface area contributed by atoms with E-state index in [9.17, 15) is 27.6 Å².